The molecule has 20 heavy (non-hydrogen) atoms. The molecule has 1 heterocycles. The SMILES string of the molecule is CC(C)(C)OC(=O)Nc1cccc(-n2cc[nH]c2=S)c1. The summed E-state index contributed by atoms with van der Waals surface area (Å²) in [5, 5.41) is 2.70. The predicted molar refractivity (Wildman–Crippen MR) is 80.8 cm³/mol. The molecule has 0 unspecified atom stereocenters. The molecule has 0 fully saturated rings. The first-order chi connectivity index (χ1) is 9.35. The molecule has 2 N–H and O–H groups in total. The zero-order valence-corrected chi connectivity index (χ0v) is 12.5. The molecule has 0 atom stereocenters. The number of hydrogen-bond acceptors (Lipinski definition) is 3. The van der Waals surface area contributed by atoms with Crippen molar-refractivity contribution < 1.29 is 9.53 Å². The van der Waals surface area contributed by atoms with Crippen molar-refractivity contribution in [2.75, 3.05) is 5.32 Å². The van der Waals surface area contributed by atoms with Gasteiger partial charge in [-0.1, -0.05) is 6.07 Å². The zero-order valence-electron chi connectivity index (χ0n) is 11.6. The average Bonchev–Trinajstić information content (AvgIpc) is 2.73. The van der Waals surface area contributed by atoms with E-state index < -0.39 is 11.7 Å². The van der Waals surface area contributed by atoms with Crippen LogP contribution in [0.3, 0.4) is 0 Å². The van der Waals surface area contributed by atoms with Crippen molar-refractivity contribution in [3.63, 3.8) is 0 Å². The fraction of sp³-hybridized carbons (Fsp3) is 0.286. The highest BCUT2D eigenvalue weighted by atomic mass is 32.1. The first-order valence-corrected chi connectivity index (χ1v) is 6.62. The maximum absolute atomic E-state index is 11.7. The number of aromatic nitrogens is 2. The van der Waals surface area contributed by atoms with Crippen LogP contribution >= 0.6 is 12.2 Å². The Balaban J connectivity index is 2.17. The van der Waals surface area contributed by atoms with Gasteiger partial charge >= 0.3 is 6.09 Å². The number of carbonyl (C=O) groups is 1. The minimum absolute atomic E-state index is 0.479. The summed E-state index contributed by atoms with van der Waals surface area (Å²) in [6.45, 7) is 5.46. The third-order valence-corrected chi connectivity index (χ3v) is 2.73. The first kappa shape index (κ1) is 14.3. The molecule has 2 aromatic rings. The highest BCUT2D eigenvalue weighted by Gasteiger charge is 2.16. The Morgan fingerprint density at radius 1 is 1.40 bits per heavy atom. The smallest absolute Gasteiger partial charge is 0.412 e. The lowest BCUT2D eigenvalue weighted by Gasteiger charge is -2.19. The number of H-pyrrole nitrogens is 1. The summed E-state index contributed by atoms with van der Waals surface area (Å²) < 4.78 is 7.62. The van der Waals surface area contributed by atoms with Crippen LogP contribution in [-0.4, -0.2) is 21.2 Å². The average molecular weight is 291 g/mol. The van der Waals surface area contributed by atoms with E-state index in [0.29, 0.717) is 10.5 Å². The Kier molecular flexibility index (Phi) is 3.94. The molecule has 6 heteroatoms. The minimum atomic E-state index is -0.523. The third kappa shape index (κ3) is 3.71. The Morgan fingerprint density at radius 3 is 2.75 bits per heavy atom. The van der Waals surface area contributed by atoms with E-state index in [9.17, 15) is 4.79 Å². The molecule has 0 aliphatic heterocycles. The standard InChI is InChI=1S/C14H17N3O2S/c1-14(2,3)19-13(18)16-10-5-4-6-11(9-10)17-8-7-15-12(17)20/h4-9H,1-3H3,(H,15,20)(H,16,18). The van der Waals surface area contributed by atoms with Gasteiger partial charge < -0.3 is 9.72 Å². The number of nitrogens with zero attached hydrogens (tertiary/aromatic N) is 1. The molecule has 0 aliphatic carbocycles. The number of benzene rings is 1. The number of amides is 1. The van der Waals surface area contributed by atoms with Crippen LogP contribution in [0, 0.1) is 4.77 Å². The second kappa shape index (κ2) is 5.50. The van der Waals surface area contributed by atoms with E-state index in [1.54, 1.807) is 12.3 Å². The Labute approximate surface area is 122 Å². The van der Waals surface area contributed by atoms with Gasteiger partial charge in [-0.2, -0.15) is 0 Å². The van der Waals surface area contributed by atoms with Gasteiger partial charge in [0.15, 0.2) is 4.77 Å². The number of nitrogens with one attached hydrogen (secondary N) is 2. The summed E-state index contributed by atoms with van der Waals surface area (Å²) in [7, 11) is 0. The van der Waals surface area contributed by atoms with Gasteiger partial charge in [0.2, 0.25) is 0 Å². The van der Waals surface area contributed by atoms with Crippen LogP contribution < -0.4 is 5.32 Å². The maximum atomic E-state index is 11.7. The van der Waals surface area contributed by atoms with Gasteiger partial charge in [0.1, 0.15) is 5.60 Å². The second-order valence-corrected chi connectivity index (χ2v) is 5.70. The lowest BCUT2D eigenvalue weighted by molar-refractivity contribution is 0.0636. The van der Waals surface area contributed by atoms with Crippen molar-refractivity contribution in [2.45, 2.75) is 26.4 Å². The maximum Gasteiger partial charge on any atom is 0.412 e. The van der Waals surface area contributed by atoms with Crippen molar-refractivity contribution >= 4 is 24.0 Å². The molecule has 0 saturated carbocycles. The summed E-state index contributed by atoms with van der Waals surface area (Å²) in [4.78, 5) is 14.7. The predicted octanol–water partition coefficient (Wildman–Crippen LogP) is 3.88. The van der Waals surface area contributed by atoms with E-state index in [4.69, 9.17) is 17.0 Å². The summed E-state index contributed by atoms with van der Waals surface area (Å²) in [6.07, 6.45) is 3.11. The monoisotopic (exact) mass is 291 g/mol. The topological polar surface area (TPSA) is 59.0 Å². The van der Waals surface area contributed by atoms with Gasteiger partial charge in [0.25, 0.3) is 0 Å². The van der Waals surface area contributed by atoms with E-state index in [1.807, 2.05) is 49.7 Å². The van der Waals surface area contributed by atoms with E-state index in [1.165, 1.54) is 0 Å². The molecule has 0 spiro atoms. The number of aromatic amines is 1. The number of ether oxygens (including phenoxy) is 1. The fourth-order valence-corrected chi connectivity index (χ4v) is 1.91. The van der Waals surface area contributed by atoms with Crippen LogP contribution in [0.1, 0.15) is 20.8 Å². The van der Waals surface area contributed by atoms with E-state index >= 15 is 0 Å². The molecule has 106 valence electrons. The van der Waals surface area contributed by atoms with Crippen molar-refractivity contribution in [1.29, 1.82) is 0 Å². The highest BCUT2D eigenvalue weighted by molar-refractivity contribution is 7.71. The number of carbonyl (C=O) groups excluding carboxylic acids is 1. The molecule has 5 nitrogen and oxygen atoms in total. The zero-order chi connectivity index (χ0) is 14.8. The summed E-state index contributed by atoms with van der Waals surface area (Å²) in [5.41, 5.74) is 0.995. The van der Waals surface area contributed by atoms with E-state index in [2.05, 4.69) is 10.3 Å². The molecule has 0 aliphatic rings. The van der Waals surface area contributed by atoms with Crippen molar-refractivity contribution in [3.05, 3.63) is 41.4 Å². The van der Waals surface area contributed by atoms with Gasteiger partial charge in [-0.05, 0) is 51.2 Å². The van der Waals surface area contributed by atoms with Crippen LogP contribution in [0.15, 0.2) is 36.7 Å². The largest absolute Gasteiger partial charge is 0.444 e. The van der Waals surface area contributed by atoms with Gasteiger partial charge in [0, 0.05) is 23.8 Å². The number of rotatable bonds is 2. The molecule has 0 saturated heterocycles. The van der Waals surface area contributed by atoms with Gasteiger partial charge in [0.05, 0.1) is 0 Å². The summed E-state index contributed by atoms with van der Waals surface area (Å²) in [6, 6.07) is 7.37. The molecule has 1 amide bonds. The number of hydrogen-bond donors (Lipinski definition) is 2. The number of anilines is 1. The van der Waals surface area contributed by atoms with Crippen LogP contribution in [0.4, 0.5) is 10.5 Å². The molecular weight excluding hydrogens is 274 g/mol. The summed E-state index contributed by atoms with van der Waals surface area (Å²) in [5.74, 6) is 0. The van der Waals surface area contributed by atoms with Crippen LogP contribution in [0.5, 0.6) is 0 Å². The van der Waals surface area contributed by atoms with Crippen LogP contribution in [-0.2, 0) is 4.74 Å². The van der Waals surface area contributed by atoms with Gasteiger partial charge in [-0.15, -0.1) is 0 Å². The summed E-state index contributed by atoms with van der Waals surface area (Å²) >= 11 is 5.17. The lowest BCUT2D eigenvalue weighted by Crippen LogP contribution is -2.27. The molecule has 2 rings (SSSR count). The van der Waals surface area contributed by atoms with Crippen molar-refractivity contribution in [2.24, 2.45) is 0 Å². The minimum Gasteiger partial charge on any atom is -0.444 e. The Bertz CT molecular complexity index is 667. The van der Waals surface area contributed by atoms with Crippen LogP contribution in [0.2, 0.25) is 0 Å². The second-order valence-electron chi connectivity index (χ2n) is 5.31. The molecule has 1 aromatic heterocycles. The van der Waals surface area contributed by atoms with Crippen LogP contribution in [0.25, 0.3) is 5.69 Å². The molecule has 0 bridgehead atoms. The normalized spacial score (nSPS) is 11.2. The highest BCUT2D eigenvalue weighted by Crippen LogP contribution is 2.16. The fourth-order valence-electron chi connectivity index (χ4n) is 1.68. The van der Waals surface area contributed by atoms with Gasteiger partial charge in [-0.3, -0.25) is 9.88 Å². The quantitative estimate of drug-likeness (QED) is 0.825. The lowest BCUT2D eigenvalue weighted by atomic mass is 10.2. The number of imidazole rings is 1. The van der Waals surface area contributed by atoms with E-state index in [0.717, 1.165) is 5.69 Å². The molecular formula is C14H17N3O2S. The Morgan fingerprint density at radius 2 is 2.15 bits per heavy atom. The first-order valence-electron chi connectivity index (χ1n) is 6.22. The van der Waals surface area contributed by atoms with Crippen molar-refractivity contribution in [3.8, 4) is 5.69 Å². The van der Waals surface area contributed by atoms with E-state index in [-0.39, 0.29) is 0 Å². The Hall–Kier alpha value is -2.08. The van der Waals surface area contributed by atoms with Crippen molar-refractivity contribution in [1.82, 2.24) is 9.55 Å². The molecule has 1 aromatic carbocycles. The van der Waals surface area contributed by atoms with Gasteiger partial charge in [-0.25, -0.2) is 4.79 Å². The third-order valence-electron chi connectivity index (χ3n) is 2.42. The molecule has 0 radical (unpaired) electrons.